The highest BCUT2D eigenvalue weighted by Crippen LogP contribution is 2.16. The molecule has 0 N–H and O–H groups in total. The van der Waals surface area contributed by atoms with Crippen LogP contribution in [0.15, 0.2) is 0 Å². The minimum absolute atomic E-state index is 0.246. The smallest absolute Gasteiger partial charge is 0.302 e. The van der Waals surface area contributed by atoms with Crippen molar-refractivity contribution in [2.24, 2.45) is 0 Å². The Labute approximate surface area is 99.3 Å². The summed E-state index contributed by atoms with van der Waals surface area (Å²) < 4.78 is 36.7. The highest BCUT2D eigenvalue weighted by atomic mass is 35.5. The van der Waals surface area contributed by atoms with Crippen molar-refractivity contribution in [2.45, 2.75) is 19.0 Å². The maximum absolute atomic E-state index is 12.2. The topological polar surface area (TPSA) is 6.48 Å². The average molecular weight is 259 g/mol. The third-order valence-corrected chi connectivity index (χ3v) is 2.90. The van der Waals surface area contributed by atoms with E-state index in [1.165, 1.54) is 4.90 Å². The van der Waals surface area contributed by atoms with Gasteiger partial charge in [0.1, 0.15) is 0 Å². The average Bonchev–Trinajstić information content (AvgIpc) is 2.64. The van der Waals surface area contributed by atoms with Gasteiger partial charge in [0, 0.05) is 25.5 Å². The van der Waals surface area contributed by atoms with Gasteiger partial charge in [0.2, 0.25) is 0 Å². The molecule has 16 heavy (non-hydrogen) atoms. The van der Waals surface area contributed by atoms with Crippen LogP contribution in [0.2, 0.25) is 0 Å². The van der Waals surface area contributed by atoms with E-state index in [9.17, 15) is 13.2 Å². The normalized spacial score (nSPS) is 18.6. The van der Waals surface area contributed by atoms with E-state index in [0.717, 1.165) is 25.9 Å². The highest BCUT2D eigenvalue weighted by Gasteiger charge is 2.30. The minimum Gasteiger partial charge on any atom is -0.302 e. The van der Waals surface area contributed by atoms with E-state index in [1.807, 2.05) is 0 Å². The molecule has 6 heteroatoms. The van der Waals surface area contributed by atoms with E-state index in [0.29, 0.717) is 19.6 Å². The predicted octanol–water partition coefficient (Wildman–Crippen LogP) is 2.19. The Morgan fingerprint density at radius 1 is 1.12 bits per heavy atom. The van der Waals surface area contributed by atoms with Crippen LogP contribution in [0.3, 0.4) is 0 Å². The Morgan fingerprint density at radius 3 is 2.25 bits per heavy atom. The summed E-state index contributed by atoms with van der Waals surface area (Å²) in [4.78, 5) is 3.59. The van der Waals surface area contributed by atoms with E-state index < -0.39 is 12.7 Å². The van der Waals surface area contributed by atoms with Gasteiger partial charge in [0.25, 0.3) is 0 Å². The molecule has 0 atom stereocenters. The van der Waals surface area contributed by atoms with Crippen molar-refractivity contribution in [1.29, 1.82) is 0 Å². The molecule has 0 aromatic rings. The van der Waals surface area contributed by atoms with Crippen molar-refractivity contribution < 1.29 is 13.2 Å². The lowest BCUT2D eigenvalue weighted by molar-refractivity contribution is -0.145. The minimum atomic E-state index is -4.13. The first kappa shape index (κ1) is 14.1. The number of likely N-dealkylation sites (tertiary alicyclic amines) is 1. The fraction of sp³-hybridized carbons (Fsp3) is 1.00. The van der Waals surface area contributed by atoms with Crippen LogP contribution in [0.4, 0.5) is 13.2 Å². The van der Waals surface area contributed by atoms with E-state index in [2.05, 4.69) is 4.90 Å². The van der Waals surface area contributed by atoms with Crippen molar-refractivity contribution >= 4 is 11.6 Å². The van der Waals surface area contributed by atoms with Crippen molar-refractivity contribution in [2.75, 3.05) is 45.1 Å². The van der Waals surface area contributed by atoms with E-state index in [-0.39, 0.29) is 5.88 Å². The van der Waals surface area contributed by atoms with Crippen LogP contribution in [-0.2, 0) is 0 Å². The third kappa shape index (κ3) is 5.92. The molecule has 2 nitrogen and oxygen atoms in total. The molecule has 96 valence electrons. The molecule has 0 aromatic heterocycles. The number of hydrogen-bond acceptors (Lipinski definition) is 2. The molecule has 1 heterocycles. The summed E-state index contributed by atoms with van der Waals surface area (Å²) in [6, 6.07) is 0. The van der Waals surface area contributed by atoms with Crippen molar-refractivity contribution in [1.82, 2.24) is 9.80 Å². The summed E-state index contributed by atoms with van der Waals surface area (Å²) in [5, 5.41) is 0. The van der Waals surface area contributed by atoms with E-state index >= 15 is 0 Å². The number of nitrogens with zero attached hydrogens (tertiary/aromatic N) is 2. The van der Waals surface area contributed by atoms with Crippen LogP contribution in [0.25, 0.3) is 0 Å². The summed E-state index contributed by atoms with van der Waals surface area (Å²) in [6.07, 6.45) is -1.80. The monoisotopic (exact) mass is 258 g/mol. The Hall–Kier alpha value is -0.0000000000000000208. The van der Waals surface area contributed by atoms with Gasteiger partial charge < -0.3 is 4.90 Å². The SMILES string of the molecule is FC(F)(F)CN(CCCl)CCN1CCCC1. The maximum Gasteiger partial charge on any atom is 0.401 e. The Balaban J connectivity index is 2.26. The fourth-order valence-corrected chi connectivity index (χ4v) is 2.17. The molecule has 0 aliphatic carbocycles. The quantitative estimate of drug-likeness (QED) is 0.674. The molecule has 1 rings (SSSR count). The number of alkyl halides is 4. The second-order valence-electron chi connectivity index (χ2n) is 4.13. The van der Waals surface area contributed by atoms with Gasteiger partial charge in [0.05, 0.1) is 6.54 Å². The Bertz CT molecular complexity index is 193. The standard InChI is InChI=1S/C10H18ClF3N2/c11-3-6-16(9-10(12,13)14)8-7-15-4-1-2-5-15/h1-9H2. The lowest BCUT2D eigenvalue weighted by atomic mass is 10.4. The van der Waals surface area contributed by atoms with Crippen LogP contribution < -0.4 is 0 Å². The molecule has 0 spiro atoms. The van der Waals surface area contributed by atoms with Crippen LogP contribution in [0.5, 0.6) is 0 Å². The summed E-state index contributed by atoms with van der Waals surface area (Å²) in [7, 11) is 0. The second-order valence-corrected chi connectivity index (χ2v) is 4.51. The molecule has 0 saturated carbocycles. The lowest BCUT2D eigenvalue weighted by Crippen LogP contribution is -2.40. The van der Waals surface area contributed by atoms with Crippen LogP contribution in [0.1, 0.15) is 12.8 Å². The summed E-state index contributed by atoms with van der Waals surface area (Å²) >= 11 is 5.50. The number of halogens is 4. The number of hydrogen-bond donors (Lipinski definition) is 0. The van der Waals surface area contributed by atoms with Crippen molar-refractivity contribution in [3.63, 3.8) is 0 Å². The molecule has 0 amide bonds. The first-order valence-corrected chi connectivity index (χ1v) is 6.12. The maximum atomic E-state index is 12.2. The molecular formula is C10H18ClF3N2. The van der Waals surface area contributed by atoms with Gasteiger partial charge in [-0.2, -0.15) is 13.2 Å². The molecule has 0 radical (unpaired) electrons. The molecule has 1 fully saturated rings. The summed E-state index contributed by atoms with van der Waals surface area (Å²) in [6.45, 7) is 2.64. The molecule has 0 bridgehead atoms. The van der Waals surface area contributed by atoms with Gasteiger partial charge in [0.15, 0.2) is 0 Å². The Morgan fingerprint density at radius 2 is 1.75 bits per heavy atom. The van der Waals surface area contributed by atoms with Gasteiger partial charge >= 0.3 is 6.18 Å². The molecular weight excluding hydrogens is 241 g/mol. The van der Waals surface area contributed by atoms with Crippen molar-refractivity contribution in [3.05, 3.63) is 0 Å². The zero-order valence-corrected chi connectivity index (χ0v) is 10.0. The largest absolute Gasteiger partial charge is 0.401 e. The third-order valence-electron chi connectivity index (χ3n) is 2.73. The van der Waals surface area contributed by atoms with Gasteiger partial charge in [-0.3, -0.25) is 4.90 Å². The second kappa shape index (κ2) is 6.67. The van der Waals surface area contributed by atoms with Crippen molar-refractivity contribution in [3.8, 4) is 0 Å². The first-order valence-electron chi connectivity index (χ1n) is 5.59. The van der Waals surface area contributed by atoms with Crippen LogP contribution >= 0.6 is 11.6 Å². The number of rotatable bonds is 6. The highest BCUT2D eigenvalue weighted by molar-refractivity contribution is 6.18. The first-order chi connectivity index (χ1) is 7.51. The van der Waals surface area contributed by atoms with Gasteiger partial charge in [-0.1, -0.05) is 0 Å². The van der Waals surface area contributed by atoms with Crippen LogP contribution in [-0.4, -0.2) is 61.1 Å². The zero-order valence-electron chi connectivity index (χ0n) is 9.27. The van der Waals surface area contributed by atoms with E-state index in [4.69, 9.17) is 11.6 Å². The fourth-order valence-electron chi connectivity index (χ4n) is 1.93. The molecule has 1 aliphatic rings. The van der Waals surface area contributed by atoms with Crippen LogP contribution in [0, 0.1) is 0 Å². The van der Waals surface area contributed by atoms with Gasteiger partial charge in [-0.15, -0.1) is 11.6 Å². The molecule has 0 aromatic carbocycles. The zero-order chi connectivity index (χ0) is 12.0. The van der Waals surface area contributed by atoms with Gasteiger partial charge in [-0.25, -0.2) is 0 Å². The predicted molar refractivity (Wildman–Crippen MR) is 58.9 cm³/mol. The molecule has 1 saturated heterocycles. The molecule has 0 unspecified atom stereocenters. The van der Waals surface area contributed by atoms with Gasteiger partial charge in [-0.05, 0) is 25.9 Å². The summed E-state index contributed by atoms with van der Waals surface area (Å²) in [5.41, 5.74) is 0. The molecule has 1 aliphatic heterocycles. The van der Waals surface area contributed by atoms with E-state index in [1.54, 1.807) is 0 Å². The lowest BCUT2D eigenvalue weighted by Gasteiger charge is -2.25. The summed E-state index contributed by atoms with van der Waals surface area (Å²) in [5.74, 6) is 0.246. The Kier molecular flexibility index (Phi) is 5.86.